The van der Waals surface area contributed by atoms with Crippen molar-refractivity contribution in [1.29, 1.82) is 0 Å². The van der Waals surface area contributed by atoms with Crippen molar-refractivity contribution in [3.8, 4) is 0 Å². The summed E-state index contributed by atoms with van der Waals surface area (Å²) < 4.78 is 0. The molecule has 6 N–H and O–H groups in total. The van der Waals surface area contributed by atoms with Crippen molar-refractivity contribution < 1.29 is 24.3 Å². The number of nitrogens with two attached hydrogens (primary N) is 1. The van der Waals surface area contributed by atoms with Crippen LogP contribution in [0.2, 0.25) is 0 Å². The van der Waals surface area contributed by atoms with E-state index in [1.54, 1.807) is 11.8 Å². The van der Waals surface area contributed by atoms with Gasteiger partial charge in [0.25, 0.3) is 0 Å². The van der Waals surface area contributed by atoms with Crippen molar-refractivity contribution in [3.63, 3.8) is 0 Å². The summed E-state index contributed by atoms with van der Waals surface area (Å²) in [5.41, 5.74) is 5.72. The third kappa shape index (κ3) is 9.82. The Morgan fingerprint density at radius 2 is 1.68 bits per heavy atom. The Hall–Kier alpha value is -1.11. The Bertz CT molecular complexity index is 481. The Morgan fingerprint density at radius 3 is 2.16 bits per heavy atom. The van der Waals surface area contributed by atoms with Gasteiger partial charge in [-0.2, -0.15) is 37.0 Å². The molecule has 0 bridgehead atoms. The standard InChI is InChI=1S/C13H24N4O5S3/c1-25-3-2-7(14)11(19)17-8(5-23)12(20)15-4-10(18)16-9(6-24)13(21)22/h7-9,23-24H,2-6,14H2,1H3,(H,15,20)(H,16,18)(H,17,19)(H,21,22). The largest absolute Gasteiger partial charge is 0.480 e. The summed E-state index contributed by atoms with van der Waals surface area (Å²) in [5, 5.41) is 15.8. The molecule has 0 saturated carbocycles. The van der Waals surface area contributed by atoms with E-state index in [0.29, 0.717) is 12.2 Å². The Balaban J connectivity index is 4.43. The number of nitrogens with one attached hydrogen (secondary N) is 3. The molecule has 0 rings (SSSR count). The van der Waals surface area contributed by atoms with Gasteiger partial charge in [-0.15, -0.1) is 0 Å². The molecule has 0 spiro atoms. The first-order valence-electron chi connectivity index (χ1n) is 7.33. The van der Waals surface area contributed by atoms with Crippen molar-refractivity contribution in [2.45, 2.75) is 24.5 Å². The lowest BCUT2D eigenvalue weighted by Crippen LogP contribution is -2.54. The molecule has 3 amide bonds. The summed E-state index contributed by atoms with van der Waals surface area (Å²) in [5.74, 6) is -2.36. The van der Waals surface area contributed by atoms with Crippen molar-refractivity contribution in [2.75, 3.05) is 30.1 Å². The fraction of sp³-hybridized carbons (Fsp3) is 0.692. The van der Waals surface area contributed by atoms with Crippen LogP contribution in [0.25, 0.3) is 0 Å². The van der Waals surface area contributed by atoms with Gasteiger partial charge in [0.15, 0.2) is 0 Å². The topological polar surface area (TPSA) is 151 Å². The van der Waals surface area contributed by atoms with E-state index >= 15 is 0 Å². The molecule has 0 saturated heterocycles. The lowest BCUT2D eigenvalue weighted by Gasteiger charge is -2.19. The quantitative estimate of drug-likeness (QED) is 0.185. The van der Waals surface area contributed by atoms with E-state index in [1.807, 2.05) is 6.26 Å². The van der Waals surface area contributed by atoms with Gasteiger partial charge in [0.1, 0.15) is 12.1 Å². The van der Waals surface area contributed by atoms with E-state index in [2.05, 4.69) is 41.2 Å². The van der Waals surface area contributed by atoms with Gasteiger partial charge in [0.2, 0.25) is 17.7 Å². The highest BCUT2D eigenvalue weighted by Crippen LogP contribution is 2.00. The number of hydrogen-bond acceptors (Lipinski definition) is 8. The second-order valence-corrected chi connectivity index (χ2v) is 6.71. The second kappa shape index (κ2) is 13.1. The molecule has 0 aliphatic heterocycles. The minimum Gasteiger partial charge on any atom is -0.480 e. The van der Waals surface area contributed by atoms with E-state index in [4.69, 9.17) is 10.8 Å². The van der Waals surface area contributed by atoms with Gasteiger partial charge >= 0.3 is 5.97 Å². The zero-order valence-electron chi connectivity index (χ0n) is 13.7. The fourth-order valence-electron chi connectivity index (χ4n) is 1.57. The number of carboxylic acid groups (broad SMARTS) is 1. The predicted octanol–water partition coefficient (Wildman–Crippen LogP) is -1.90. The summed E-state index contributed by atoms with van der Waals surface area (Å²) in [6.45, 7) is -0.435. The summed E-state index contributed by atoms with van der Waals surface area (Å²) in [6, 6.07) is -2.84. The minimum absolute atomic E-state index is 0.0167. The van der Waals surface area contributed by atoms with Crippen molar-refractivity contribution in [3.05, 3.63) is 0 Å². The molecule has 0 aromatic heterocycles. The maximum absolute atomic E-state index is 12.0. The van der Waals surface area contributed by atoms with Crippen LogP contribution in [0.5, 0.6) is 0 Å². The molecule has 0 aromatic rings. The Kier molecular flexibility index (Phi) is 12.6. The van der Waals surface area contributed by atoms with Gasteiger partial charge in [-0.1, -0.05) is 0 Å². The van der Waals surface area contributed by atoms with Crippen molar-refractivity contribution in [1.82, 2.24) is 16.0 Å². The third-order valence-corrected chi connectivity index (χ3v) is 4.40. The van der Waals surface area contributed by atoms with Gasteiger partial charge in [0, 0.05) is 11.5 Å². The number of thioether (sulfide) groups is 1. The van der Waals surface area contributed by atoms with E-state index < -0.39 is 48.4 Å². The van der Waals surface area contributed by atoms with E-state index in [0.717, 1.165) is 0 Å². The van der Waals surface area contributed by atoms with Crippen molar-refractivity contribution in [2.24, 2.45) is 5.73 Å². The number of rotatable bonds is 12. The molecule has 3 unspecified atom stereocenters. The Labute approximate surface area is 161 Å². The molecule has 0 aliphatic carbocycles. The second-order valence-electron chi connectivity index (χ2n) is 4.99. The molecule has 0 fully saturated rings. The highest BCUT2D eigenvalue weighted by atomic mass is 32.2. The molecule has 12 heteroatoms. The lowest BCUT2D eigenvalue weighted by molar-refractivity contribution is -0.141. The SMILES string of the molecule is CSCCC(N)C(=O)NC(CS)C(=O)NCC(=O)NC(CS)C(=O)O. The summed E-state index contributed by atoms with van der Waals surface area (Å²) >= 11 is 9.37. The highest BCUT2D eigenvalue weighted by molar-refractivity contribution is 7.98. The molecular weight excluding hydrogens is 388 g/mol. The maximum Gasteiger partial charge on any atom is 0.327 e. The van der Waals surface area contributed by atoms with Gasteiger partial charge in [-0.05, 0) is 18.4 Å². The minimum atomic E-state index is -1.23. The van der Waals surface area contributed by atoms with Crippen LogP contribution in [-0.4, -0.2) is 77.0 Å². The van der Waals surface area contributed by atoms with Gasteiger partial charge in [0.05, 0.1) is 12.6 Å². The first-order valence-corrected chi connectivity index (χ1v) is 9.99. The number of hydrogen-bond donors (Lipinski definition) is 7. The Morgan fingerprint density at radius 1 is 1.08 bits per heavy atom. The van der Waals surface area contributed by atoms with Crippen LogP contribution >= 0.6 is 37.0 Å². The normalized spacial score (nSPS) is 14.1. The zero-order valence-corrected chi connectivity index (χ0v) is 16.3. The van der Waals surface area contributed by atoms with E-state index in [9.17, 15) is 19.2 Å². The van der Waals surface area contributed by atoms with Gasteiger partial charge in [-0.3, -0.25) is 14.4 Å². The molecule has 0 aromatic carbocycles. The van der Waals surface area contributed by atoms with Crippen LogP contribution in [0.4, 0.5) is 0 Å². The smallest absolute Gasteiger partial charge is 0.327 e. The van der Waals surface area contributed by atoms with Crippen LogP contribution in [0.1, 0.15) is 6.42 Å². The van der Waals surface area contributed by atoms with Crippen LogP contribution in [0.3, 0.4) is 0 Å². The molecule has 25 heavy (non-hydrogen) atoms. The number of thiol groups is 2. The molecule has 9 nitrogen and oxygen atoms in total. The highest BCUT2D eigenvalue weighted by Gasteiger charge is 2.23. The maximum atomic E-state index is 12.0. The van der Waals surface area contributed by atoms with Gasteiger partial charge in [-0.25, -0.2) is 4.79 Å². The summed E-state index contributed by atoms with van der Waals surface area (Å²) in [4.78, 5) is 46.3. The summed E-state index contributed by atoms with van der Waals surface area (Å²) in [7, 11) is 0. The van der Waals surface area contributed by atoms with Gasteiger partial charge < -0.3 is 26.8 Å². The van der Waals surface area contributed by atoms with Crippen LogP contribution in [0.15, 0.2) is 0 Å². The number of aliphatic carboxylic acids is 1. The van der Waals surface area contributed by atoms with Crippen molar-refractivity contribution >= 4 is 60.7 Å². The monoisotopic (exact) mass is 412 g/mol. The fourth-order valence-corrected chi connectivity index (χ4v) is 2.56. The third-order valence-electron chi connectivity index (χ3n) is 3.02. The van der Waals surface area contributed by atoms with E-state index in [-0.39, 0.29) is 11.5 Å². The van der Waals surface area contributed by atoms with Crippen LogP contribution in [-0.2, 0) is 19.2 Å². The average Bonchev–Trinajstić information content (AvgIpc) is 2.59. The zero-order chi connectivity index (χ0) is 19.4. The lowest BCUT2D eigenvalue weighted by atomic mass is 10.2. The van der Waals surface area contributed by atoms with Crippen LogP contribution in [0, 0.1) is 0 Å². The molecule has 144 valence electrons. The average molecular weight is 413 g/mol. The number of carboxylic acids is 1. The first-order chi connectivity index (χ1) is 11.8. The molecule has 0 heterocycles. The van der Waals surface area contributed by atoms with E-state index in [1.165, 1.54) is 0 Å². The molecule has 0 radical (unpaired) electrons. The number of carbonyl (C=O) groups is 4. The summed E-state index contributed by atoms with van der Waals surface area (Å²) in [6.07, 6.45) is 2.36. The van der Waals surface area contributed by atoms with Crippen LogP contribution < -0.4 is 21.7 Å². The first kappa shape index (κ1) is 23.9. The number of amides is 3. The molecule has 3 atom stereocenters. The number of carbonyl (C=O) groups excluding carboxylic acids is 3. The predicted molar refractivity (Wildman–Crippen MR) is 103 cm³/mol. The molecular formula is C13H24N4O5S3. The molecule has 0 aliphatic rings.